The number of aliphatic hydroxyl groups excluding tert-OH is 1. The van der Waals surface area contributed by atoms with Crippen molar-refractivity contribution in [3.63, 3.8) is 0 Å². The van der Waals surface area contributed by atoms with Gasteiger partial charge in [-0.3, -0.25) is 9.88 Å². The highest BCUT2D eigenvalue weighted by Crippen LogP contribution is 2.20. The maximum Gasteiger partial charge on any atom is 0.490 e. The fourth-order valence-electron chi connectivity index (χ4n) is 3.15. The molecule has 1 atom stereocenters. The van der Waals surface area contributed by atoms with Crippen LogP contribution in [-0.4, -0.2) is 93.7 Å². The van der Waals surface area contributed by atoms with Crippen LogP contribution < -0.4 is 0 Å². The van der Waals surface area contributed by atoms with Crippen molar-refractivity contribution < 1.29 is 51.3 Å². The number of para-hydroxylation sites is 1. The third kappa shape index (κ3) is 10.4. The van der Waals surface area contributed by atoms with Gasteiger partial charge in [0.2, 0.25) is 0 Å². The Labute approximate surface area is 196 Å². The third-order valence-corrected chi connectivity index (χ3v) is 4.92. The fourth-order valence-corrected chi connectivity index (χ4v) is 3.15. The minimum absolute atomic E-state index is 0.263. The summed E-state index contributed by atoms with van der Waals surface area (Å²) in [5.74, 6) is -5.51. The van der Waals surface area contributed by atoms with E-state index in [1.807, 2.05) is 12.3 Å². The van der Waals surface area contributed by atoms with Crippen molar-refractivity contribution in [1.29, 1.82) is 0 Å². The molecule has 0 aliphatic carbocycles. The number of aliphatic carboxylic acids is 2. The zero-order chi connectivity index (χ0) is 26.8. The highest BCUT2D eigenvalue weighted by molar-refractivity contribution is 5.81. The van der Waals surface area contributed by atoms with Gasteiger partial charge >= 0.3 is 24.3 Å². The number of rotatable bonds is 4. The minimum atomic E-state index is -5.08. The summed E-state index contributed by atoms with van der Waals surface area (Å²) in [5, 5.41) is 24.7. The predicted molar refractivity (Wildman–Crippen MR) is 113 cm³/mol. The number of nitrogens with zero attached hydrogens (tertiary/aromatic N) is 3. The number of pyridine rings is 1. The van der Waals surface area contributed by atoms with E-state index in [0.29, 0.717) is 6.04 Å². The number of halogens is 6. The van der Waals surface area contributed by atoms with Crippen LogP contribution in [0, 0.1) is 0 Å². The summed E-state index contributed by atoms with van der Waals surface area (Å²) in [6.07, 6.45) is -7.45. The highest BCUT2D eigenvalue weighted by Gasteiger charge is 2.38. The molecule has 3 N–H and O–H groups in total. The second kappa shape index (κ2) is 13.2. The number of fused-ring (bicyclic) bond motifs is 1. The lowest BCUT2D eigenvalue weighted by atomic mass is 10.1. The number of carbonyl (C=O) groups is 2. The van der Waals surface area contributed by atoms with Crippen molar-refractivity contribution in [3.8, 4) is 0 Å². The van der Waals surface area contributed by atoms with E-state index in [0.717, 1.165) is 38.1 Å². The molecule has 0 bridgehead atoms. The Bertz CT molecular complexity index is 941. The molecule has 3 rings (SSSR count). The molecule has 8 nitrogen and oxygen atoms in total. The van der Waals surface area contributed by atoms with Gasteiger partial charge in [-0.2, -0.15) is 26.3 Å². The number of likely N-dealkylation sites (N-methyl/N-ethyl adjacent to an activating group) is 1. The molecule has 2 heterocycles. The topological polar surface area (TPSA) is 114 Å². The molecule has 35 heavy (non-hydrogen) atoms. The van der Waals surface area contributed by atoms with E-state index in [1.54, 1.807) is 0 Å². The summed E-state index contributed by atoms with van der Waals surface area (Å²) >= 11 is 0. The molecule has 1 aromatic heterocycles. The first-order valence-corrected chi connectivity index (χ1v) is 10.1. The Morgan fingerprint density at radius 1 is 1.00 bits per heavy atom. The van der Waals surface area contributed by atoms with Crippen LogP contribution >= 0.6 is 0 Å². The van der Waals surface area contributed by atoms with Crippen LogP contribution in [0.4, 0.5) is 26.3 Å². The average Bonchev–Trinajstić information content (AvgIpc) is 2.76. The number of carboxylic acid groups (broad SMARTS) is 2. The monoisotopic (exact) mass is 513 g/mol. The van der Waals surface area contributed by atoms with Gasteiger partial charge in [0.25, 0.3) is 0 Å². The van der Waals surface area contributed by atoms with Crippen LogP contribution in [0.1, 0.15) is 12.0 Å². The fraction of sp³-hybridized carbons (Fsp3) is 0.476. The molecular formula is C21H25F6N3O5. The Kier molecular flexibility index (Phi) is 11.3. The Morgan fingerprint density at radius 3 is 2.06 bits per heavy atom. The molecule has 0 amide bonds. The molecule has 1 fully saturated rings. The number of aromatic nitrogens is 1. The summed E-state index contributed by atoms with van der Waals surface area (Å²) < 4.78 is 63.5. The predicted octanol–water partition coefficient (Wildman–Crippen LogP) is 3.00. The summed E-state index contributed by atoms with van der Waals surface area (Å²) in [6, 6.07) is 11.0. The SMILES string of the molecule is CN1CCN(Cc2cccc3cccnc23)CC1CCO.O=C(O)C(F)(F)F.O=C(O)C(F)(F)F. The lowest BCUT2D eigenvalue weighted by Gasteiger charge is -2.39. The number of hydrogen-bond acceptors (Lipinski definition) is 6. The van der Waals surface area contributed by atoms with Crippen LogP contribution in [-0.2, 0) is 16.1 Å². The van der Waals surface area contributed by atoms with Gasteiger partial charge in [-0.15, -0.1) is 0 Å². The zero-order valence-corrected chi connectivity index (χ0v) is 18.6. The van der Waals surface area contributed by atoms with Crippen molar-refractivity contribution in [2.45, 2.75) is 31.4 Å². The molecule has 0 saturated carbocycles. The summed E-state index contributed by atoms with van der Waals surface area (Å²) in [4.78, 5) is 27.2. The van der Waals surface area contributed by atoms with Gasteiger partial charge in [-0.05, 0) is 25.1 Å². The first kappa shape index (κ1) is 30.1. The number of aliphatic hydroxyl groups is 1. The minimum Gasteiger partial charge on any atom is -0.475 e. The average molecular weight is 513 g/mol. The van der Waals surface area contributed by atoms with Gasteiger partial charge in [0.15, 0.2) is 0 Å². The number of carboxylic acids is 2. The van der Waals surface area contributed by atoms with Crippen molar-refractivity contribution in [2.24, 2.45) is 0 Å². The summed E-state index contributed by atoms with van der Waals surface area (Å²) in [7, 11) is 2.15. The van der Waals surface area contributed by atoms with E-state index in [4.69, 9.17) is 19.8 Å². The van der Waals surface area contributed by atoms with Crippen LogP contribution in [0.15, 0.2) is 36.5 Å². The number of alkyl halides is 6. The van der Waals surface area contributed by atoms with Crippen molar-refractivity contribution in [2.75, 3.05) is 33.3 Å². The van der Waals surface area contributed by atoms with E-state index in [2.05, 4.69) is 46.1 Å². The normalized spacial score (nSPS) is 17.1. The molecule has 1 aromatic carbocycles. The van der Waals surface area contributed by atoms with Gasteiger partial charge in [0.1, 0.15) is 0 Å². The first-order valence-electron chi connectivity index (χ1n) is 10.1. The van der Waals surface area contributed by atoms with Crippen molar-refractivity contribution in [1.82, 2.24) is 14.8 Å². The van der Waals surface area contributed by atoms with E-state index >= 15 is 0 Å². The Morgan fingerprint density at radius 2 is 1.54 bits per heavy atom. The smallest absolute Gasteiger partial charge is 0.475 e. The van der Waals surface area contributed by atoms with Gasteiger partial charge in [-0.1, -0.05) is 24.3 Å². The molecule has 0 spiro atoms. The third-order valence-electron chi connectivity index (χ3n) is 4.92. The molecule has 0 radical (unpaired) electrons. The van der Waals surface area contributed by atoms with Crippen LogP contribution in [0.25, 0.3) is 10.9 Å². The lowest BCUT2D eigenvalue weighted by Crippen LogP contribution is -2.51. The van der Waals surface area contributed by atoms with Crippen LogP contribution in [0.3, 0.4) is 0 Å². The standard InChI is InChI=1S/C17H23N3O.2C2HF3O2/c1-19-9-10-20(13-16(19)7-11-21)12-15-5-2-4-14-6-3-8-18-17(14)15;2*3-2(4,5)1(6)7/h2-6,8,16,21H,7,9-13H2,1H3;2*(H,6,7). The van der Waals surface area contributed by atoms with Crippen molar-refractivity contribution in [3.05, 3.63) is 42.1 Å². The molecule has 1 aliphatic rings. The molecule has 2 aromatic rings. The highest BCUT2D eigenvalue weighted by atomic mass is 19.4. The quantitative estimate of drug-likeness (QED) is 0.535. The van der Waals surface area contributed by atoms with Gasteiger partial charge in [0.05, 0.1) is 5.52 Å². The zero-order valence-electron chi connectivity index (χ0n) is 18.6. The van der Waals surface area contributed by atoms with Gasteiger partial charge in [0, 0.05) is 50.4 Å². The largest absolute Gasteiger partial charge is 0.490 e. The maximum absolute atomic E-state index is 10.6. The number of benzene rings is 1. The summed E-state index contributed by atoms with van der Waals surface area (Å²) in [5.41, 5.74) is 2.40. The second-order valence-electron chi connectivity index (χ2n) is 7.48. The van der Waals surface area contributed by atoms with Crippen LogP contribution in [0.5, 0.6) is 0 Å². The Hall–Kier alpha value is -2.97. The molecular weight excluding hydrogens is 488 g/mol. The van der Waals surface area contributed by atoms with E-state index < -0.39 is 24.3 Å². The second-order valence-corrected chi connectivity index (χ2v) is 7.48. The first-order chi connectivity index (χ1) is 16.2. The molecule has 14 heteroatoms. The van der Waals surface area contributed by atoms with E-state index in [1.165, 1.54) is 10.9 Å². The van der Waals surface area contributed by atoms with Gasteiger partial charge < -0.3 is 20.2 Å². The van der Waals surface area contributed by atoms with E-state index in [9.17, 15) is 31.4 Å². The lowest BCUT2D eigenvalue weighted by molar-refractivity contribution is -0.193. The maximum atomic E-state index is 10.6. The molecule has 196 valence electrons. The summed E-state index contributed by atoms with van der Waals surface area (Å²) in [6.45, 7) is 4.34. The van der Waals surface area contributed by atoms with Gasteiger partial charge in [-0.25, -0.2) is 9.59 Å². The molecule has 1 saturated heterocycles. The Balaban J connectivity index is 0.000000362. The number of hydrogen-bond donors (Lipinski definition) is 3. The molecule has 1 aliphatic heterocycles. The molecule has 1 unspecified atom stereocenters. The van der Waals surface area contributed by atoms with E-state index in [-0.39, 0.29) is 6.61 Å². The van der Waals surface area contributed by atoms with Crippen molar-refractivity contribution >= 4 is 22.8 Å². The number of piperazine rings is 1. The van der Waals surface area contributed by atoms with Crippen LogP contribution in [0.2, 0.25) is 0 Å².